The molecule has 2 heterocycles. The number of anilines is 2. The monoisotopic (exact) mass is 390 g/mol. The maximum Gasteiger partial charge on any atom is 0.323 e. The molecule has 152 valence electrons. The smallest absolute Gasteiger partial charge is 0.323 e. The number of methoxy groups -OCH3 is 3. The fourth-order valence-electron chi connectivity index (χ4n) is 3.17. The summed E-state index contributed by atoms with van der Waals surface area (Å²) in [4.78, 5) is 12.3. The Morgan fingerprint density at radius 2 is 1.75 bits per heavy atom. The quantitative estimate of drug-likeness (QED) is 0.755. The fraction of sp³-hybridized carbons (Fsp3) is 0.474. The maximum absolute atomic E-state index is 12.3. The lowest BCUT2D eigenvalue weighted by molar-refractivity contribution is 0.0601. The van der Waals surface area contributed by atoms with Crippen molar-refractivity contribution in [1.29, 1.82) is 0 Å². The molecule has 0 radical (unpaired) electrons. The Morgan fingerprint density at radius 3 is 2.36 bits per heavy atom. The lowest BCUT2D eigenvalue weighted by Crippen LogP contribution is -2.21. The average molecular weight is 390 g/mol. The molecule has 1 aliphatic heterocycles. The molecule has 0 atom stereocenters. The van der Waals surface area contributed by atoms with Crippen LogP contribution in [0.3, 0.4) is 0 Å². The summed E-state index contributed by atoms with van der Waals surface area (Å²) in [6.45, 7) is 2.42. The second-order valence-corrected chi connectivity index (χ2v) is 6.50. The molecule has 1 saturated heterocycles. The van der Waals surface area contributed by atoms with E-state index in [1.807, 2.05) is 10.9 Å². The van der Waals surface area contributed by atoms with Crippen LogP contribution in [-0.4, -0.2) is 50.4 Å². The number of urea groups is 1. The number of amides is 2. The van der Waals surface area contributed by atoms with E-state index in [1.165, 1.54) is 21.3 Å². The van der Waals surface area contributed by atoms with E-state index in [-0.39, 0.29) is 6.03 Å². The second-order valence-electron chi connectivity index (χ2n) is 6.50. The number of rotatable bonds is 7. The Kier molecular flexibility index (Phi) is 6.59. The number of nitrogens with zero attached hydrogens (tertiary/aromatic N) is 2. The molecule has 1 fully saturated rings. The zero-order valence-electron chi connectivity index (χ0n) is 16.4. The van der Waals surface area contributed by atoms with Gasteiger partial charge in [0.1, 0.15) is 0 Å². The van der Waals surface area contributed by atoms with Gasteiger partial charge in [0.15, 0.2) is 11.5 Å². The van der Waals surface area contributed by atoms with Crippen LogP contribution in [0, 0.1) is 5.92 Å². The first-order valence-electron chi connectivity index (χ1n) is 9.11. The SMILES string of the molecule is COc1cc(NC(=O)Nc2cnn(CC3CCOCC3)c2)cc(OC)c1OC. The highest BCUT2D eigenvalue weighted by Gasteiger charge is 2.16. The van der Waals surface area contributed by atoms with Crippen LogP contribution in [0.2, 0.25) is 0 Å². The highest BCUT2D eigenvalue weighted by molar-refractivity contribution is 6.00. The van der Waals surface area contributed by atoms with Crippen LogP contribution >= 0.6 is 0 Å². The van der Waals surface area contributed by atoms with Gasteiger partial charge in [-0.05, 0) is 18.8 Å². The van der Waals surface area contributed by atoms with E-state index in [0.29, 0.717) is 34.5 Å². The minimum atomic E-state index is -0.389. The molecule has 3 rings (SSSR count). The van der Waals surface area contributed by atoms with Gasteiger partial charge in [-0.2, -0.15) is 5.10 Å². The van der Waals surface area contributed by atoms with Crippen LogP contribution in [0.15, 0.2) is 24.5 Å². The Labute approximate surface area is 163 Å². The summed E-state index contributed by atoms with van der Waals surface area (Å²) < 4.78 is 23.1. The van der Waals surface area contributed by atoms with Crippen molar-refractivity contribution < 1.29 is 23.7 Å². The first kappa shape index (κ1) is 19.8. The van der Waals surface area contributed by atoms with Gasteiger partial charge in [-0.3, -0.25) is 4.68 Å². The lowest BCUT2D eigenvalue weighted by atomic mass is 10.0. The van der Waals surface area contributed by atoms with Gasteiger partial charge >= 0.3 is 6.03 Å². The summed E-state index contributed by atoms with van der Waals surface area (Å²) in [5, 5.41) is 9.87. The second kappa shape index (κ2) is 9.32. The topological polar surface area (TPSA) is 95.9 Å². The zero-order chi connectivity index (χ0) is 19.9. The average Bonchev–Trinajstić information content (AvgIpc) is 3.14. The van der Waals surface area contributed by atoms with E-state index < -0.39 is 0 Å². The standard InChI is InChI=1S/C19H26N4O5/c1-25-16-8-14(9-17(26-2)18(16)27-3)21-19(24)22-15-10-20-23(12-15)11-13-4-6-28-7-5-13/h8-10,12-13H,4-7,11H2,1-3H3,(H2,21,22,24). The molecule has 2 amide bonds. The van der Waals surface area contributed by atoms with Gasteiger partial charge in [0.05, 0.1) is 38.9 Å². The summed E-state index contributed by atoms with van der Waals surface area (Å²) >= 11 is 0. The van der Waals surface area contributed by atoms with Crippen molar-refractivity contribution in [1.82, 2.24) is 9.78 Å². The minimum Gasteiger partial charge on any atom is -0.493 e. The van der Waals surface area contributed by atoms with Gasteiger partial charge in [-0.25, -0.2) is 4.79 Å². The molecule has 2 aromatic rings. The number of nitrogens with one attached hydrogen (secondary N) is 2. The van der Waals surface area contributed by atoms with Crippen molar-refractivity contribution in [3.63, 3.8) is 0 Å². The number of carbonyl (C=O) groups excluding carboxylic acids is 1. The molecular formula is C19H26N4O5. The van der Waals surface area contributed by atoms with Gasteiger partial charge in [0, 0.05) is 38.1 Å². The summed E-state index contributed by atoms with van der Waals surface area (Å²) in [5.41, 5.74) is 1.14. The van der Waals surface area contributed by atoms with Crippen LogP contribution in [0.1, 0.15) is 12.8 Å². The molecule has 0 spiro atoms. The van der Waals surface area contributed by atoms with Crippen molar-refractivity contribution >= 4 is 17.4 Å². The van der Waals surface area contributed by atoms with Crippen LogP contribution in [0.4, 0.5) is 16.2 Å². The number of aromatic nitrogens is 2. The van der Waals surface area contributed by atoms with E-state index in [9.17, 15) is 4.79 Å². The molecular weight excluding hydrogens is 364 g/mol. The number of carbonyl (C=O) groups is 1. The van der Waals surface area contributed by atoms with Gasteiger partial charge in [0.25, 0.3) is 0 Å². The largest absolute Gasteiger partial charge is 0.493 e. The lowest BCUT2D eigenvalue weighted by Gasteiger charge is -2.21. The first-order chi connectivity index (χ1) is 13.6. The summed E-state index contributed by atoms with van der Waals surface area (Å²) in [6, 6.07) is 2.94. The van der Waals surface area contributed by atoms with Crippen LogP contribution in [-0.2, 0) is 11.3 Å². The number of benzene rings is 1. The first-order valence-corrected chi connectivity index (χ1v) is 9.11. The molecule has 0 unspecified atom stereocenters. The molecule has 1 aliphatic rings. The third kappa shape index (κ3) is 4.86. The van der Waals surface area contributed by atoms with Crippen molar-refractivity contribution in [2.75, 3.05) is 45.2 Å². The third-order valence-electron chi connectivity index (χ3n) is 4.60. The summed E-state index contributed by atoms with van der Waals surface area (Å²) in [5.74, 6) is 1.93. The molecule has 1 aromatic carbocycles. The van der Waals surface area contributed by atoms with E-state index in [1.54, 1.807) is 18.3 Å². The number of hydrogen-bond acceptors (Lipinski definition) is 6. The third-order valence-corrected chi connectivity index (χ3v) is 4.60. The molecule has 1 aromatic heterocycles. The van der Waals surface area contributed by atoms with Crippen LogP contribution in [0.25, 0.3) is 0 Å². The van der Waals surface area contributed by atoms with Crippen molar-refractivity contribution in [2.45, 2.75) is 19.4 Å². The highest BCUT2D eigenvalue weighted by Crippen LogP contribution is 2.39. The van der Waals surface area contributed by atoms with Crippen molar-refractivity contribution in [3.8, 4) is 17.2 Å². The number of ether oxygens (including phenoxy) is 4. The minimum absolute atomic E-state index is 0.389. The Bertz CT molecular complexity index is 776. The molecule has 0 bridgehead atoms. The zero-order valence-corrected chi connectivity index (χ0v) is 16.4. The number of hydrogen-bond donors (Lipinski definition) is 2. The normalized spacial score (nSPS) is 14.4. The summed E-state index contributed by atoms with van der Waals surface area (Å²) in [7, 11) is 4.57. The predicted octanol–water partition coefficient (Wildman–Crippen LogP) is 2.98. The van der Waals surface area contributed by atoms with Crippen LogP contribution in [0.5, 0.6) is 17.2 Å². The fourth-order valence-corrected chi connectivity index (χ4v) is 3.17. The van der Waals surface area contributed by atoms with Gasteiger partial charge in [0.2, 0.25) is 5.75 Å². The molecule has 0 saturated carbocycles. The van der Waals surface area contributed by atoms with E-state index in [2.05, 4.69) is 15.7 Å². The Morgan fingerprint density at radius 1 is 1.11 bits per heavy atom. The molecule has 2 N–H and O–H groups in total. The highest BCUT2D eigenvalue weighted by atomic mass is 16.5. The van der Waals surface area contributed by atoms with Gasteiger partial charge in [-0.15, -0.1) is 0 Å². The van der Waals surface area contributed by atoms with E-state index in [0.717, 1.165) is 32.6 Å². The summed E-state index contributed by atoms with van der Waals surface area (Å²) in [6.07, 6.45) is 5.52. The van der Waals surface area contributed by atoms with E-state index >= 15 is 0 Å². The Hall–Kier alpha value is -2.94. The van der Waals surface area contributed by atoms with Gasteiger partial charge < -0.3 is 29.6 Å². The van der Waals surface area contributed by atoms with Gasteiger partial charge in [-0.1, -0.05) is 0 Å². The maximum atomic E-state index is 12.3. The van der Waals surface area contributed by atoms with Crippen molar-refractivity contribution in [2.24, 2.45) is 5.92 Å². The Balaban J connectivity index is 1.61. The van der Waals surface area contributed by atoms with E-state index in [4.69, 9.17) is 18.9 Å². The molecule has 9 nitrogen and oxygen atoms in total. The predicted molar refractivity (Wildman–Crippen MR) is 105 cm³/mol. The van der Waals surface area contributed by atoms with Crippen LogP contribution < -0.4 is 24.8 Å². The molecule has 28 heavy (non-hydrogen) atoms. The molecule has 9 heteroatoms. The van der Waals surface area contributed by atoms with Crippen molar-refractivity contribution in [3.05, 3.63) is 24.5 Å². The molecule has 0 aliphatic carbocycles.